The van der Waals surface area contributed by atoms with E-state index >= 15 is 0 Å². The Bertz CT molecular complexity index is 339. The molecule has 78 valence electrons. The van der Waals surface area contributed by atoms with Crippen LogP contribution in [-0.4, -0.2) is 17.0 Å². The number of anilines is 2. The molecule has 14 heavy (non-hydrogen) atoms. The van der Waals surface area contributed by atoms with E-state index in [4.69, 9.17) is 5.73 Å². The molecule has 0 amide bonds. The minimum Gasteiger partial charge on any atom is -0.373 e. The van der Waals surface area contributed by atoms with Crippen molar-refractivity contribution >= 4 is 11.8 Å². The summed E-state index contributed by atoms with van der Waals surface area (Å²) in [6.07, 6.45) is 0. The summed E-state index contributed by atoms with van der Waals surface area (Å²) in [6, 6.07) is 0. The molecular formula is C10H18N4. The predicted molar refractivity (Wildman–Crippen MR) is 59.4 cm³/mol. The average molecular weight is 194 g/mol. The molecule has 4 heteroatoms. The minimum atomic E-state index is -0.00720. The summed E-state index contributed by atoms with van der Waals surface area (Å²) >= 11 is 0. The average Bonchev–Trinajstić information content (AvgIpc) is 2.06. The van der Waals surface area contributed by atoms with Gasteiger partial charge in [0.05, 0.1) is 5.69 Å². The third kappa shape index (κ3) is 1.95. The second-order valence-electron chi connectivity index (χ2n) is 4.40. The van der Waals surface area contributed by atoms with Crippen LogP contribution in [0.3, 0.4) is 0 Å². The zero-order valence-corrected chi connectivity index (χ0v) is 9.47. The van der Waals surface area contributed by atoms with Crippen molar-refractivity contribution in [3.05, 3.63) is 11.3 Å². The molecule has 1 heterocycles. The van der Waals surface area contributed by atoms with E-state index in [2.05, 4.69) is 36.1 Å². The molecule has 0 atom stereocenters. The molecule has 0 spiro atoms. The third-order valence-electron chi connectivity index (χ3n) is 2.11. The molecule has 1 aromatic rings. The third-order valence-corrected chi connectivity index (χ3v) is 2.11. The summed E-state index contributed by atoms with van der Waals surface area (Å²) in [5, 5.41) is 3.02. The van der Waals surface area contributed by atoms with Crippen molar-refractivity contribution in [1.82, 2.24) is 9.97 Å². The number of hydrogen-bond donors (Lipinski definition) is 2. The molecule has 0 bridgehead atoms. The monoisotopic (exact) mass is 194 g/mol. The van der Waals surface area contributed by atoms with Gasteiger partial charge in [0.1, 0.15) is 5.82 Å². The van der Waals surface area contributed by atoms with E-state index in [1.165, 1.54) is 0 Å². The standard InChI is InChI=1S/C10H18N4/c1-6-7(10(2,3)4)13-9(11)14-8(6)12-5/h1-5H3,(H3,11,12,13,14). The second-order valence-corrected chi connectivity index (χ2v) is 4.40. The number of nitrogens with two attached hydrogens (primary N) is 1. The molecular weight excluding hydrogens is 176 g/mol. The van der Waals surface area contributed by atoms with Gasteiger partial charge in [0, 0.05) is 18.0 Å². The predicted octanol–water partition coefficient (Wildman–Crippen LogP) is 1.71. The maximum atomic E-state index is 5.64. The molecule has 0 aliphatic rings. The Labute approximate surface area is 85.0 Å². The van der Waals surface area contributed by atoms with Gasteiger partial charge in [-0.3, -0.25) is 0 Å². The van der Waals surface area contributed by atoms with E-state index in [1.54, 1.807) is 0 Å². The number of nitrogen functional groups attached to an aromatic ring is 1. The maximum Gasteiger partial charge on any atom is 0.222 e. The Hall–Kier alpha value is -1.32. The number of rotatable bonds is 1. The molecule has 0 radical (unpaired) electrons. The molecule has 0 aliphatic carbocycles. The molecule has 0 aliphatic heterocycles. The van der Waals surface area contributed by atoms with Gasteiger partial charge in [-0.15, -0.1) is 0 Å². The van der Waals surface area contributed by atoms with Crippen molar-refractivity contribution in [2.24, 2.45) is 0 Å². The number of aromatic nitrogens is 2. The second kappa shape index (κ2) is 3.44. The Kier molecular flexibility index (Phi) is 2.64. The van der Waals surface area contributed by atoms with Crippen molar-refractivity contribution in [3.63, 3.8) is 0 Å². The van der Waals surface area contributed by atoms with Crippen LogP contribution >= 0.6 is 0 Å². The van der Waals surface area contributed by atoms with Gasteiger partial charge in [-0.25, -0.2) is 4.98 Å². The number of nitrogens with zero attached hydrogens (tertiary/aromatic N) is 2. The Balaban J connectivity index is 3.37. The lowest BCUT2D eigenvalue weighted by atomic mass is 9.89. The lowest BCUT2D eigenvalue weighted by Gasteiger charge is -2.21. The highest BCUT2D eigenvalue weighted by atomic mass is 15.1. The van der Waals surface area contributed by atoms with E-state index in [-0.39, 0.29) is 5.41 Å². The lowest BCUT2D eigenvalue weighted by Crippen LogP contribution is -2.18. The molecule has 1 aromatic heterocycles. The topological polar surface area (TPSA) is 63.8 Å². The van der Waals surface area contributed by atoms with E-state index in [0.717, 1.165) is 17.1 Å². The van der Waals surface area contributed by atoms with E-state index < -0.39 is 0 Å². The largest absolute Gasteiger partial charge is 0.373 e. The molecule has 0 unspecified atom stereocenters. The van der Waals surface area contributed by atoms with Gasteiger partial charge in [-0.1, -0.05) is 20.8 Å². The lowest BCUT2D eigenvalue weighted by molar-refractivity contribution is 0.564. The van der Waals surface area contributed by atoms with E-state index in [9.17, 15) is 0 Å². The Morgan fingerprint density at radius 2 is 1.79 bits per heavy atom. The molecule has 0 saturated carbocycles. The molecule has 3 N–H and O–H groups in total. The van der Waals surface area contributed by atoms with Crippen LogP contribution in [0.25, 0.3) is 0 Å². The summed E-state index contributed by atoms with van der Waals surface area (Å²) in [5.41, 5.74) is 7.69. The first-order valence-corrected chi connectivity index (χ1v) is 4.68. The summed E-state index contributed by atoms with van der Waals surface area (Å²) in [6.45, 7) is 8.34. The van der Waals surface area contributed by atoms with Crippen LogP contribution in [-0.2, 0) is 5.41 Å². The Morgan fingerprint density at radius 1 is 1.21 bits per heavy atom. The summed E-state index contributed by atoms with van der Waals surface area (Å²) in [4.78, 5) is 8.40. The summed E-state index contributed by atoms with van der Waals surface area (Å²) in [5.74, 6) is 1.13. The molecule has 4 nitrogen and oxygen atoms in total. The first-order valence-electron chi connectivity index (χ1n) is 4.68. The first kappa shape index (κ1) is 10.8. The highest BCUT2D eigenvalue weighted by Crippen LogP contribution is 2.27. The molecule has 0 aromatic carbocycles. The van der Waals surface area contributed by atoms with Crippen LogP contribution in [0.5, 0.6) is 0 Å². The quantitative estimate of drug-likeness (QED) is 0.714. The fourth-order valence-corrected chi connectivity index (χ4v) is 1.51. The van der Waals surface area contributed by atoms with Gasteiger partial charge in [0.25, 0.3) is 0 Å². The van der Waals surface area contributed by atoms with E-state index in [1.807, 2.05) is 14.0 Å². The zero-order valence-electron chi connectivity index (χ0n) is 9.47. The summed E-state index contributed by atoms with van der Waals surface area (Å²) < 4.78 is 0. The van der Waals surface area contributed by atoms with Crippen molar-refractivity contribution in [1.29, 1.82) is 0 Å². The van der Waals surface area contributed by atoms with Crippen LogP contribution in [0.1, 0.15) is 32.0 Å². The zero-order chi connectivity index (χ0) is 10.9. The Morgan fingerprint density at radius 3 is 2.21 bits per heavy atom. The van der Waals surface area contributed by atoms with Crippen molar-refractivity contribution in [2.45, 2.75) is 33.1 Å². The van der Waals surface area contributed by atoms with Crippen LogP contribution in [0.15, 0.2) is 0 Å². The number of nitrogens with one attached hydrogen (secondary N) is 1. The highest BCUT2D eigenvalue weighted by Gasteiger charge is 2.21. The van der Waals surface area contributed by atoms with Crippen LogP contribution in [0, 0.1) is 6.92 Å². The van der Waals surface area contributed by atoms with Crippen LogP contribution in [0.2, 0.25) is 0 Å². The highest BCUT2D eigenvalue weighted by molar-refractivity contribution is 5.50. The van der Waals surface area contributed by atoms with Crippen LogP contribution < -0.4 is 11.1 Å². The SMILES string of the molecule is CNc1nc(N)nc(C(C)(C)C)c1C. The maximum absolute atomic E-state index is 5.64. The van der Waals surface area contributed by atoms with Gasteiger partial charge >= 0.3 is 0 Å². The molecule has 0 saturated heterocycles. The first-order chi connectivity index (χ1) is 6.36. The molecule has 1 rings (SSSR count). The van der Waals surface area contributed by atoms with Gasteiger partial charge in [-0.2, -0.15) is 4.98 Å². The normalized spacial score (nSPS) is 11.5. The van der Waals surface area contributed by atoms with Crippen molar-refractivity contribution in [3.8, 4) is 0 Å². The fraction of sp³-hybridized carbons (Fsp3) is 0.600. The fourth-order valence-electron chi connectivity index (χ4n) is 1.51. The minimum absolute atomic E-state index is 0.00720. The smallest absolute Gasteiger partial charge is 0.222 e. The van der Waals surface area contributed by atoms with Gasteiger partial charge in [0.15, 0.2) is 0 Å². The summed E-state index contributed by atoms with van der Waals surface area (Å²) in [7, 11) is 1.83. The van der Waals surface area contributed by atoms with Gasteiger partial charge in [-0.05, 0) is 6.92 Å². The van der Waals surface area contributed by atoms with E-state index in [0.29, 0.717) is 5.95 Å². The number of hydrogen-bond acceptors (Lipinski definition) is 4. The van der Waals surface area contributed by atoms with Gasteiger partial charge in [0.2, 0.25) is 5.95 Å². The van der Waals surface area contributed by atoms with Crippen molar-refractivity contribution in [2.75, 3.05) is 18.1 Å². The van der Waals surface area contributed by atoms with Gasteiger partial charge < -0.3 is 11.1 Å². The van der Waals surface area contributed by atoms with Crippen LogP contribution in [0.4, 0.5) is 11.8 Å². The molecule has 0 fully saturated rings. The van der Waals surface area contributed by atoms with Crippen molar-refractivity contribution < 1.29 is 0 Å².